The summed E-state index contributed by atoms with van der Waals surface area (Å²) in [7, 11) is 0. The number of aliphatic hydroxyl groups is 1. The number of hydrogen-bond acceptors (Lipinski definition) is 2. The van der Waals surface area contributed by atoms with Gasteiger partial charge in [-0.2, -0.15) is 0 Å². The van der Waals surface area contributed by atoms with Gasteiger partial charge in [0.25, 0.3) is 0 Å². The summed E-state index contributed by atoms with van der Waals surface area (Å²) >= 11 is 0. The van der Waals surface area contributed by atoms with Crippen LogP contribution < -0.4 is 0 Å². The maximum Gasteiger partial charge on any atom is 0.0859 e. The summed E-state index contributed by atoms with van der Waals surface area (Å²) in [6.45, 7) is 2.03. The van der Waals surface area contributed by atoms with Gasteiger partial charge in [0.1, 0.15) is 0 Å². The van der Waals surface area contributed by atoms with Crippen molar-refractivity contribution in [1.29, 1.82) is 0 Å². The van der Waals surface area contributed by atoms with Crippen LogP contribution in [0, 0.1) is 6.92 Å². The lowest BCUT2D eigenvalue weighted by Crippen LogP contribution is -1.92. The van der Waals surface area contributed by atoms with Gasteiger partial charge < -0.3 is 5.11 Å². The van der Waals surface area contributed by atoms with E-state index in [1.807, 2.05) is 31.2 Å². The maximum absolute atomic E-state index is 9.06. The van der Waals surface area contributed by atoms with Gasteiger partial charge in [-0.1, -0.05) is 24.3 Å². The van der Waals surface area contributed by atoms with Crippen LogP contribution in [-0.2, 0) is 6.61 Å². The minimum atomic E-state index is 0. The van der Waals surface area contributed by atoms with E-state index in [4.69, 9.17) is 5.11 Å². The van der Waals surface area contributed by atoms with Crippen molar-refractivity contribution in [2.24, 2.45) is 0 Å². The Bertz CT molecular complexity index is 442. The van der Waals surface area contributed by atoms with Gasteiger partial charge in [0, 0.05) is 11.6 Å². The highest BCUT2D eigenvalue weighted by Crippen LogP contribution is 2.19. The lowest BCUT2D eigenvalue weighted by molar-refractivity contribution is 0.278. The quantitative estimate of drug-likeness (QED) is 0.783. The Balaban J connectivity index is 0.000000980. The van der Waals surface area contributed by atoms with Gasteiger partial charge in [-0.05, 0) is 17.9 Å². The molecule has 1 heterocycles. The smallest absolute Gasteiger partial charge is 0.0859 e. The van der Waals surface area contributed by atoms with Crippen molar-refractivity contribution in [3.05, 3.63) is 41.7 Å². The zero-order valence-corrected chi connectivity index (χ0v) is 8.71. The first-order valence-corrected chi connectivity index (χ1v) is 4.27. The van der Waals surface area contributed by atoms with E-state index in [1.54, 1.807) is 6.20 Å². The zero-order chi connectivity index (χ0) is 9.26. The highest BCUT2D eigenvalue weighted by Gasteiger charge is 2.02. The number of rotatable bonds is 1. The first-order chi connectivity index (χ1) is 6.33. The van der Waals surface area contributed by atoms with E-state index >= 15 is 0 Å². The second kappa shape index (κ2) is 4.40. The summed E-state index contributed by atoms with van der Waals surface area (Å²) in [5, 5.41) is 11.3. The molecule has 0 saturated heterocycles. The summed E-state index contributed by atoms with van der Waals surface area (Å²) in [5.74, 6) is 0. The molecule has 0 spiro atoms. The van der Waals surface area contributed by atoms with Gasteiger partial charge in [-0.15, -0.1) is 12.4 Å². The minimum absolute atomic E-state index is 0. The van der Waals surface area contributed by atoms with Crippen LogP contribution in [0.3, 0.4) is 0 Å². The van der Waals surface area contributed by atoms with E-state index in [-0.39, 0.29) is 19.0 Å². The fourth-order valence-corrected chi connectivity index (χ4v) is 1.52. The van der Waals surface area contributed by atoms with Crippen LogP contribution >= 0.6 is 12.4 Å². The van der Waals surface area contributed by atoms with Crippen molar-refractivity contribution in [3.8, 4) is 0 Å². The number of aryl methyl sites for hydroxylation is 1. The predicted molar refractivity (Wildman–Crippen MR) is 59.7 cm³/mol. The molecule has 0 bridgehead atoms. The van der Waals surface area contributed by atoms with E-state index in [1.165, 1.54) is 5.39 Å². The minimum Gasteiger partial charge on any atom is -0.390 e. The third-order valence-corrected chi connectivity index (χ3v) is 2.23. The van der Waals surface area contributed by atoms with Gasteiger partial charge in [0.2, 0.25) is 0 Å². The number of nitrogens with zero attached hydrogens (tertiary/aromatic N) is 1. The Kier molecular flexibility index (Phi) is 3.44. The second-order valence-corrected chi connectivity index (χ2v) is 3.09. The fraction of sp³-hybridized carbons (Fsp3) is 0.182. The Hall–Kier alpha value is -1.12. The van der Waals surface area contributed by atoms with Crippen molar-refractivity contribution >= 4 is 23.2 Å². The number of halogens is 1. The Morgan fingerprint density at radius 2 is 1.86 bits per heavy atom. The Morgan fingerprint density at radius 1 is 1.21 bits per heavy atom. The van der Waals surface area contributed by atoms with E-state index in [0.29, 0.717) is 0 Å². The summed E-state index contributed by atoms with van der Waals surface area (Å²) in [6, 6.07) is 7.99. The number of pyridine rings is 1. The average molecular weight is 210 g/mol. The number of fused-ring (bicyclic) bond motifs is 1. The van der Waals surface area contributed by atoms with Gasteiger partial charge >= 0.3 is 0 Å². The molecule has 1 aromatic carbocycles. The highest BCUT2D eigenvalue weighted by atomic mass is 35.5. The zero-order valence-electron chi connectivity index (χ0n) is 7.90. The van der Waals surface area contributed by atoms with Crippen LogP contribution in [0.15, 0.2) is 30.5 Å². The summed E-state index contributed by atoms with van der Waals surface area (Å²) in [5.41, 5.74) is 1.90. The van der Waals surface area contributed by atoms with E-state index in [9.17, 15) is 0 Å². The predicted octanol–water partition coefficient (Wildman–Crippen LogP) is 2.46. The standard InChI is InChI=1S/C11H11NO.ClH/c1-8-6-12-11(7-13)10-5-3-2-4-9(8)10;/h2-6,13H,7H2,1H3;1H. The summed E-state index contributed by atoms with van der Waals surface area (Å²) < 4.78 is 0. The molecule has 14 heavy (non-hydrogen) atoms. The van der Waals surface area contributed by atoms with Gasteiger partial charge in [-0.3, -0.25) is 4.98 Å². The molecule has 0 aliphatic rings. The third kappa shape index (κ3) is 1.72. The first-order valence-electron chi connectivity index (χ1n) is 4.27. The average Bonchev–Trinajstić information content (AvgIpc) is 2.19. The molecular formula is C11H12ClNO. The molecule has 2 aromatic rings. The van der Waals surface area contributed by atoms with Crippen molar-refractivity contribution in [2.75, 3.05) is 0 Å². The van der Waals surface area contributed by atoms with Crippen molar-refractivity contribution in [3.63, 3.8) is 0 Å². The molecule has 0 saturated carbocycles. The topological polar surface area (TPSA) is 33.1 Å². The van der Waals surface area contributed by atoms with E-state index < -0.39 is 0 Å². The molecule has 0 amide bonds. The van der Waals surface area contributed by atoms with Gasteiger partial charge in [0.05, 0.1) is 12.3 Å². The van der Waals surface area contributed by atoms with Crippen LogP contribution in [0.1, 0.15) is 11.3 Å². The Labute approximate surface area is 89.0 Å². The molecule has 0 aliphatic carbocycles. The highest BCUT2D eigenvalue weighted by molar-refractivity contribution is 5.87. The van der Waals surface area contributed by atoms with E-state index in [2.05, 4.69) is 4.98 Å². The molecule has 0 fully saturated rings. The van der Waals surface area contributed by atoms with Crippen LogP contribution in [0.2, 0.25) is 0 Å². The van der Waals surface area contributed by atoms with Crippen molar-refractivity contribution < 1.29 is 5.11 Å². The molecule has 1 N–H and O–H groups in total. The van der Waals surface area contributed by atoms with Crippen LogP contribution in [0.25, 0.3) is 10.8 Å². The molecule has 0 unspecified atom stereocenters. The summed E-state index contributed by atoms with van der Waals surface area (Å²) in [4.78, 5) is 4.17. The normalized spacial score (nSPS) is 9.86. The molecule has 74 valence electrons. The van der Waals surface area contributed by atoms with Gasteiger partial charge in [-0.25, -0.2) is 0 Å². The van der Waals surface area contributed by atoms with Crippen molar-refractivity contribution in [1.82, 2.24) is 4.98 Å². The number of aromatic nitrogens is 1. The third-order valence-electron chi connectivity index (χ3n) is 2.23. The molecular weight excluding hydrogens is 198 g/mol. The SMILES string of the molecule is Cc1cnc(CO)c2ccccc12.Cl. The van der Waals surface area contributed by atoms with Crippen LogP contribution in [0.5, 0.6) is 0 Å². The molecule has 2 rings (SSSR count). The van der Waals surface area contributed by atoms with E-state index in [0.717, 1.165) is 16.6 Å². The largest absolute Gasteiger partial charge is 0.390 e. The molecule has 0 radical (unpaired) electrons. The monoisotopic (exact) mass is 209 g/mol. The molecule has 0 atom stereocenters. The Morgan fingerprint density at radius 3 is 2.50 bits per heavy atom. The number of aliphatic hydroxyl groups excluding tert-OH is 1. The van der Waals surface area contributed by atoms with Gasteiger partial charge in [0.15, 0.2) is 0 Å². The van der Waals surface area contributed by atoms with Crippen LogP contribution in [-0.4, -0.2) is 10.1 Å². The molecule has 3 heteroatoms. The molecule has 0 aliphatic heterocycles. The fourth-order valence-electron chi connectivity index (χ4n) is 1.52. The summed E-state index contributed by atoms with van der Waals surface area (Å²) in [6.07, 6.45) is 1.80. The lowest BCUT2D eigenvalue weighted by Gasteiger charge is -2.04. The van der Waals surface area contributed by atoms with Crippen LogP contribution in [0.4, 0.5) is 0 Å². The lowest BCUT2D eigenvalue weighted by atomic mass is 10.1. The number of benzene rings is 1. The maximum atomic E-state index is 9.06. The first kappa shape index (κ1) is 11.0. The number of hydrogen-bond donors (Lipinski definition) is 1. The second-order valence-electron chi connectivity index (χ2n) is 3.09. The molecule has 1 aromatic heterocycles. The van der Waals surface area contributed by atoms with Crippen molar-refractivity contribution in [2.45, 2.75) is 13.5 Å². The molecule has 2 nitrogen and oxygen atoms in total.